The molecule has 0 aromatic heterocycles. The Bertz CT molecular complexity index is 739. The fourth-order valence-corrected chi connectivity index (χ4v) is 3.26. The Morgan fingerprint density at radius 3 is 2.24 bits per heavy atom. The summed E-state index contributed by atoms with van der Waals surface area (Å²) in [6.07, 6.45) is 3.11. The minimum atomic E-state index is -0.739. The Hall–Kier alpha value is -3.10. The number of benzene rings is 1. The molecular weight excluding hydrogens is 378 g/mol. The van der Waals surface area contributed by atoms with Gasteiger partial charge in [-0.05, 0) is 57.4 Å². The third-order valence-electron chi connectivity index (χ3n) is 4.75. The number of amides is 4. The first kappa shape index (κ1) is 22.2. The summed E-state index contributed by atoms with van der Waals surface area (Å²) in [6, 6.07) is 5.78. The minimum absolute atomic E-state index is 0.0599. The second-order valence-electron chi connectivity index (χ2n) is 6.95. The normalized spacial score (nSPS) is 18.5. The molecule has 1 aliphatic heterocycles. The second-order valence-corrected chi connectivity index (χ2v) is 6.95. The molecule has 1 fully saturated rings. The van der Waals surface area contributed by atoms with Crippen molar-refractivity contribution >= 4 is 23.8 Å². The second kappa shape index (κ2) is 10.4. The van der Waals surface area contributed by atoms with Crippen molar-refractivity contribution in [2.75, 3.05) is 20.3 Å². The van der Waals surface area contributed by atoms with Crippen LogP contribution in [-0.4, -0.2) is 61.1 Å². The molecule has 0 bridgehead atoms. The van der Waals surface area contributed by atoms with E-state index in [4.69, 9.17) is 9.47 Å². The molecular formula is C20H27N3O6. The van der Waals surface area contributed by atoms with Gasteiger partial charge in [0.1, 0.15) is 5.75 Å². The first-order valence-electron chi connectivity index (χ1n) is 9.54. The average Bonchev–Trinajstić information content (AvgIpc) is 2.70. The summed E-state index contributed by atoms with van der Waals surface area (Å²) in [5.74, 6) is -1.06. The van der Waals surface area contributed by atoms with Gasteiger partial charge in [0.2, 0.25) is 0 Å². The fourth-order valence-electron chi connectivity index (χ4n) is 3.26. The summed E-state index contributed by atoms with van der Waals surface area (Å²) in [6.45, 7) is 3.44. The smallest absolute Gasteiger partial charge is 0.338 e. The van der Waals surface area contributed by atoms with Gasteiger partial charge in [-0.25, -0.2) is 9.59 Å². The third-order valence-corrected chi connectivity index (χ3v) is 4.75. The number of ether oxygens (including phenoxy) is 2. The summed E-state index contributed by atoms with van der Waals surface area (Å²) in [5.41, 5.74) is 0.217. The lowest BCUT2D eigenvalue weighted by atomic mass is 9.97. The highest BCUT2D eigenvalue weighted by Gasteiger charge is 2.29. The molecule has 1 aliphatic rings. The average molecular weight is 405 g/mol. The van der Waals surface area contributed by atoms with Crippen LogP contribution in [0.2, 0.25) is 0 Å². The van der Waals surface area contributed by atoms with Gasteiger partial charge in [0.15, 0.2) is 13.2 Å². The van der Waals surface area contributed by atoms with Gasteiger partial charge >= 0.3 is 12.0 Å². The van der Waals surface area contributed by atoms with Crippen LogP contribution in [0.3, 0.4) is 0 Å². The molecule has 2 rings (SSSR count). The maximum absolute atomic E-state index is 12.5. The largest absolute Gasteiger partial charge is 0.484 e. The molecule has 1 aromatic carbocycles. The summed E-state index contributed by atoms with van der Waals surface area (Å²) in [5, 5.41) is 4.20. The Morgan fingerprint density at radius 1 is 1.03 bits per heavy atom. The van der Waals surface area contributed by atoms with Crippen molar-refractivity contribution in [2.24, 2.45) is 0 Å². The zero-order valence-corrected chi connectivity index (χ0v) is 16.9. The van der Waals surface area contributed by atoms with Gasteiger partial charge in [-0.15, -0.1) is 0 Å². The van der Waals surface area contributed by atoms with Crippen molar-refractivity contribution in [2.45, 2.75) is 45.2 Å². The van der Waals surface area contributed by atoms with Gasteiger partial charge in [-0.1, -0.05) is 0 Å². The zero-order chi connectivity index (χ0) is 21.4. The van der Waals surface area contributed by atoms with E-state index in [2.05, 4.69) is 5.32 Å². The van der Waals surface area contributed by atoms with Crippen molar-refractivity contribution in [3.05, 3.63) is 29.8 Å². The molecule has 29 heavy (non-hydrogen) atoms. The monoisotopic (exact) mass is 405 g/mol. The first-order chi connectivity index (χ1) is 13.8. The molecule has 2 N–H and O–H groups in total. The van der Waals surface area contributed by atoms with Gasteiger partial charge in [0, 0.05) is 19.1 Å². The van der Waals surface area contributed by atoms with E-state index in [-0.39, 0.29) is 30.2 Å². The number of rotatable bonds is 6. The molecule has 0 radical (unpaired) electrons. The molecule has 0 aliphatic carbocycles. The molecule has 9 heteroatoms. The topological polar surface area (TPSA) is 114 Å². The van der Waals surface area contributed by atoms with Crippen molar-refractivity contribution in [1.82, 2.24) is 15.5 Å². The van der Waals surface area contributed by atoms with Crippen LogP contribution in [0.1, 0.15) is 43.5 Å². The highest BCUT2D eigenvalue weighted by molar-refractivity contribution is 5.96. The number of hydrogen-bond acceptors (Lipinski definition) is 6. The van der Waals surface area contributed by atoms with E-state index in [0.717, 1.165) is 19.3 Å². The Balaban J connectivity index is 1.82. The molecule has 0 spiro atoms. The molecule has 158 valence electrons. The number of urea groups is 1. The summed E-state index contributed by atoms with van der Waals surface area (Å²) in [7, 11) is 1.36. The number of esters is 1. The Morgan fingerprint density at radius 2 is 1.66 bits per heavy atom. The van der Waals surface area contributed by atoms with Crippen LogP contribution in [0.5, 0.6) is 5.75 Å². The van der Waals surface area contributed by atoms with E-state index in [0.29, 0.717) is 5.75 Å². The number of nitrogens with zero attached hydrogens (tertiary/aromatic N) is 1. The molecule has 4 amide bonds. The first-order valence-corrected chi connectivity index (χ1v) is 9.54. The summed E-state index contributed by atoms with van der Waals surface area (Å²) in [4.78, 5) is 48.7. The Kier molecular flexibility index (Phi) is 7.99. The molecule has 1 saturated heterocycles. The van der Waals surface area contributed by atoms with E-state index < -0.39 is 24.5 Å². The number of imide groups is 1. The summed E-state index contributed by atoms with van der Waals surface area (Å²) >= 11 is 0. The van der Waals surface area contributed by atoms with Crippen molar-refractivity contribution in [1.29, 1.82) is 0 Å². The molecule has 1 heterocycles. The number of likely N-dealkylation sites (tertiary alicyclic amines) is 1. The predicted molar refractivity (Wildman–Crippen MR) is 104 cm³/mol. The van der Waals surface area contributed by atoms with Crippen molar-refractivity contribution < 1.29 is 28.7 Å². The van der Waals surface area contributed by atoms with E-state index in [9.17, 15) is 19.2 Å². The number of piperidine rings is 1. The van der Waals surface area contributed by atoms with Crippen LogP contribution in [0.4, 0.5) is 4.79 Å². The van der Waals surface area contributed by atoms with E-state index >= 15 is 0 Å². The van der Waals surface area contributed by atoms with Crippen LogP contribution in [0.25, 0.3) is 0 Å². The Labute approximate surface area is 169 Å². The van der Waals surface area contributed by atoms with Crippen LogP contribution in [0.15, 0.2) is 24.3 Å². The van der Waals surface area contributed by atoms with Gasteiger partial charge in [0.05, 0.1) is 5.56 Å². The highest BCUT2D eigenvalue weighted by atomic mass is 16.5. The third kappa shape index (κ3) is 6.48. The van der Waals surface area contributed by atoms with Gasteiger partial charge < -0.3 is 19.7 Å². The van der Waals surface area contributed by atoms with Crippen LogP contribution < -0.4 is 15.4 Å². The number of hydrogen-bond donors (Lipinski definition) is 2. The van der Waals surface area contributed by atoms with E-state index in [1.165, 1.54) is 19.2 Å². The van der Waals surface area contributed by atoms with Gasteiger partial charge in [0.25, 0.3) is 11.8 Å². The lowest BCUT2D eigenvalue weighted by Gasteiger charge is -2.38. The van der Waals surface area contributed by atoms with Crippen LogP contribution in [0, 0.1) is 0 Å². The minimum Gasteiger partial charge on any atom is -0.484 e. The van der Waals surface area contributed by atoms with Crippen LogP contribution >= 0.6 is 0 Å². The predicted octanol–water partition coefficient (Wildman–Crippen LogP) is 1.47. The fraction of sp³-hybridized carbons (Fsp3) is 0.500. The molecule has 2 atom stereocenters. The van der Waals surface area contributed by atoms with Crippen LogP contribution in [-0.2, 0) is 14.3 Å². The van der Waals surface area contributed by atoms with E-state index in [1.807, 2.05) is 24.1 Å². The summed E-state index contributed by atoms with van der Waals surface area (Å²) < 4.78 is 10.4. The molecule has 0 saturated carbocycles. The maximum Gasteiger partial charge on any atom is 0.338 e. The number of carbonyl (C=O) groups excluding carboxylic acids is 4. The van der Waals surface area contributed by atoms with Crippen molar-refractivity contribution in [3.63, 3.8) is 0 Å². The maximum atomic E-state index is 12.5. The van der Waals surface area contributed by atoms with Gasteiger partial charge in [-0.2, -0.15) is 0 Å². The van der Waals surface area contributed by atoms with Crippen molar-refractivity contribution in [3.8, 4) is 5.75 Å². The standard InChI is InChI=1S/C20H27N3O6/c1-13-5-4-6-14(2)23(13)18(25)12-28-16-9-7-15(8-10-16)19(26)29-11-17(24)22-20(27)21-3/h7-10,13-14H,4-6,11-12H2,1-3H3,(H2,21,22,24,27). The number of nitrogens with one attached hydrogen (secondary N) is 2. The molecule has 1 aromatic rings. The quantitative estimate of drug-likeness (QED) is 0.693. The molecule has 2 unspecified atom stereocenters. The SMILES string of the molecule is CNC(=O)NC(=O)COC(=O)c1ccc(OCC(=O)N2C(C)CCCC2C)cc1. The lowest BCUT2D eigenvalue weighted by molar-refractivity contribution is -0.139. The zero-order valence-electron chi connectivity index (χ0n) is 16.9. The molecule has 9 nitrogen and oxygen atoms in total. The highest BCUT2D eigenvalue weighted by Crippen LogP contribution is 2.23. The lowest BCUT2D eigenvalue weighted by Crippen LogP contribution is -2.49. The number of carbonyl (C=O) groups is 4. The van der Waals surface area contributed by atoms with E-state index in [1.54, 1.807) is 12.1 Å². The van der Waals surface area contributed by atoms with Gasteiger partial charge in [-0.3, -0.25) is 14.9 Å².